The lowest BCUT2D eigenvalue weighted by Gasteiger charge is -2.37. The highest BCUT2D eigenvalue weighted by Gasteiger charge is 2.89. The Labute approximate surface area is 121 Å². The van der Waals surface area contributed by atoms with Gasteiger partial charge in [0, 0.05) is 17.4 Å². The third kappa shape index (κ3) is 1.87. The summed E-state index contributed by atoms with van der Waals surface area (Å²) < 4.78 is 5.26. The molecule has 1 aliphatic heterocycles. The number of unbranched alkanes of at least 4 members (excludes halogenated alkanes) is 3. The summed E-state index contributed by atoms with van der Waals surface area (Å²) in [6.45, 7) is 5.85. The van der Waals surface area contributed by atoms with Gasteiger partial charge in [-0.3, -0.25) is 0 Å². The van der Waals surface area contributed by atoms with Crippen LogP contribution in [0.3, 0.4) is 0 Å². The molecular formula is C15H29NO4. The highest BCUT2D eigenvalue weighted by molar-refractivity contribution is 5.37. The summed E-state index contributed by atoms with van der Waals surface area (Å²) in [5.74, 6) is -0.340. The third-order valence-electron chi connectivity index (χ3n) is 5.66. The van der Waals surface area contributed by atoms with Gasteiger partial charge in [-0.1, -0.05) is 46.5 Å². The molecule has 5 N–H and O–H groups in total. The van der Waals surface area contributed by atoms with Crippen molar-refractivity contribution in [3.8, 4) is 0 Å². The van der Waals surface area contributed by atoms with Crippen LogP contribution in [-0.4, -0.2) is 45.5 Å². The number of nitrogens with two attached hydrogens (primary N) is 1. The van der Waals surface area contributed by atoms with Crippen molar-refractivity contribution in [1.29, 1.82) is 0 Å². The molecule has 5 nitrogen and oxygen atoms in total. The van der Waals surface area contributed by atoms with Gasteiger partial charge in [0.05, 0.1) is 6.61 Å². The summed E-state index contributed by atoms with van der Waals surface area (Å²) in [5, 5.41) is 31.3. The van der Waals surface area contributed by atoms with Gasteiger partial charge >= 0.3 is 0 Å². The molecule has 1 aliphatic carbocycles. The van der Waals surface area contributed by atoms with Gasteiger partial charge in [-0.05, 0) is 6.42 Å². The number of rotatable bonds is 6. The molecule has 0 aromatic rings. The lowest BCUT2D eigenvalue weighted by atomic mass is 9.84. The third-order valence-corrected chi connectivity index (χ3v) is 5.66. The van der Waals surface area contributed by atoms with Crippen molar-refractivity contribution in [2.45, 2.75) is 76.4 Å². The highest BCUT2D eigenvalue weighted by Crippen LogP contribution is 2.71. The van der Waals surface area contributed by atoms with Crippen LogP contribution in [0.25, 0.3) is 0 Å². The number of hydrogen-bond acceptors (Lipinski definition) is 5. The Kier molecular flexibility index (Phi) is 4.22. The van der Waals surface area contributed by atoms with Crippen LogP contribution < -0.4 is 5.73 Å². The molecule has 0 radical (unpaired) electrons. The van der Waals surface area contributed by atoms with Crippen molar-refractivity contribution in [2.75, 3.05) is 6.61 Å². The Morgan fingerprint density at radius 1 is 1.20 bits per heavy atom. The average molecular weight is 287 g/mol. The van der Waals surface area contributed by atoms with Crippen molar-refractivity contribution in [1.82, 2.24) is 0 Å². The van der Waals surface area contributed by atoms with E-state index in [2.05, 4.69) is 6.92 Å². The van der Waals surface area contributed by atoms with Gasteiger partial charge in [-0.15, -0.1) is 0 Å². The van der Waals surface area contributed by atoms with E-state index in [-0.39, 0.29) is 18.6 Å². The van der Waals surface area contributed by atoms with Gasteiger partial charge in [0.1, 0.15) is 5.60 Å². The van der Waals surface area contributed by atoms with E-state index in [0.717, 1.165) is 19.3 Å². The van der Waals surface area contributed by atoms with Crippen LogP contribution in [0, 0.1) is 11.3 Å². The molecule has 0 aromatic heterocycles. The fourth-order valence-corrected chi connectivity index (χ4v) is 4.02. The molecule has 2 unspecified atom stereocenters. The Morgan fingerprint density at radius 3 is 2.45 bits per heavy atom. The monoisotopic (exact) mass is 287 g/mol. The molecule has 118 valence electrons. The lowest BCUT2D eigenvalue weighted by Crippen LogP contribution is -2.55. The minimum atomic E-state index is -1.61. The quantitative estimate of drug-likeness (QED) is 0.541. The predicted octanol–water partition coefficient (Wildman–Crippen LogP) is 0.751. The van der Waals surface area contributed by atoms with E-state index in [1.54, 1.807) is 13.8 Å². The second-order valence-corrected chi connectivity index (χ2v) is 6.96. The maximum absolute atomic E-state index is 10.9. The molecule has 20 heavy (non-hydrogen) atoms. The summed E-state index contributed by atoms with van der Waals surface area (Å²) in [6.07, 6.45) is 3.97. The Morgan fingerprint density at radius 2 is 1.85 bits per heavy atom. The van der Waals surface area contributed by atoms with Crippen molar-refractivity contribution < 1.29 is 20.1 Å². The van der Waals surface area contributed by atoms with Gasteiger partial charge in [0.2, 0.25) is 0 Å². The van der Waals surface area contributed by atoms with E-state index in [9.17, 15) is 15.3 Å². The first-order valence-corrected chi connectivity index (χ1v) is 7.75. The fraction of sp³-hybridized carbons (Fsp3) is 1.00. The predicted molar refractivity (Wildman–Crippen MR) is 75.9 cm³/mol. The first-order valence-electron chi connectivity index (χ1n) is 7.75. The summed E-state index contributed by atoms with van der Waals surface area (Å²) >= 11 is 0. The van der Waals surface area contributed by atoms with Crippen LogP contribution in [0.4, 0.5) is 0 Å². The molecule has 0 amide bonds. The molecule has 0 bridgehead atoms. The van der Waals surface area contributed by atoms with E-state index >= 15 is 0 Å². The van der Waals surface area contributed by atoms with Crippen LogP contribution in [0.15, 0.2) is 0 Å². The maximum atomic E-state index is 10.9. The second kappa shape index (κ2) is 5.21. The normalized spacial score (nSPS) is 44.0. The van der Waals surface area contributed by atoms with E-state index in [1.807, 2.05) is 0 Å². The van der Waals surface area contributed by atoms with Crippen LogP contribution in [0.1, 0.15) is 52.9 Å². The summed E-state index contributed by atoms with van der Waals surface area (Å²) in [5.41, 5.74) is 2.46. The number of hydrogen-bond donors (Lipinski definition) is 4. The van der Waals surface area contributed by atoms with Crippen LogP contribution >= 0.6 is 0 Å². The van der Waals surface area contributed by atoms with Crippen LogP contribution in [-0.2, 0) is 4.74 Å². The average Bonchev–Trinajstić information content (AvgIpc) is 2.76. The molecule has 0 aromatic carbocycles. The van der Waals surface area contributed by atoms with Crippen molar-refractivity contribution >= 4 is 0 Å². The molecule has 2 fully saturated rings. The zero-order valence-corrected chi connectivity index (χ0v) is 12.8. The Bertz CT molecular complexity index is 362. The summed E-state index contributed by atoms with van der Waals surface area (Å²) in [4.78, 5) is 0. The molecule has 5 heteroatoms. The molecule has 0 spiro atoms. The summed E-state index contributed by atoms with van der Waals surface area (Å²) in [6, 6.07) is -0.224. The molecular weight excluding hydrogens is 258 g/mol. The first-order chi connectivity index (χ1) is 9.25. The van der Waals surface area contributed by atoms with Crippen LogP contribution in [0.5, 0.6) is 0 Å². The summed E-state index contributed by atoms with van der Waals surface area (Å²) in [7, 11) is 0. The lowest BCUT2D eigenvalue weighted by molar-refractivity contribution is -0.244. The van der Waals surface area contributed by atoms with E-state index in [4.69, 9.17) is 10.5 Å². The SMILES string of the molecule is CCCCCCC(N)[C@H]1COC(O)[C@]2(O)C(C)(C)[C@@]12O. The second-order valence-electron chi connectivity index (χ2n) is 6.96. The van der Waals surface area contributed by atoms with Gasteiger partial charge in [0.15, 0.2) is 11.9 Å². The minimum Gasteiger partial charge on any atom is -0.386 e. The molecule has 1 saturated heterocycles. The Balaban J connectivity index is 2.03. The zero-order valence-electron chi connectivity index (χ0n) is 12.8. The van der Waals surface area contributed by atoms with E-state index < -0.39 is 22.9 Å². The number of ether oxygens (including phenoxy) is 1. The standard InChI is InChI=1S/C15H29NO4/c1-4-5-6-7-8-11(16)10-9-20-12(17)15(19)13(2,3)14(10,15)18/h10-12,17-19H,4-9,16H2,1-3H3/t10-,11?,12?,14+,15+/m1/s1. The molecule has 2 rings (SSSR count). The first kappa shape index (κ1) is 16.2. The highest BCUT2D eigenvalue weighted by atomic mass is 16.6. The van der Waals surface area contributed by atoms with Crippen molar-refractivity contribution in [3.63, 3.8) is 0 Å². The zero-order chi connectivity index (χ0) is 15.2. The molecule has 1 heterocycles. The van der Waals surface area contributed by atoms with Crippen molar-refractivity contribution in [3.05, 3.63) is 0 Å². The van der Waals surface area contributed by atoms with Gasteiger partial charge < -0.3 is 25.8 Å². The number of aliphatic hydroxyl groups is 3. The molecule has 2 aliphatic rings. The van der Waals surface area contributed by atoms with Gasteiger partial charge in [-0.25, -0.2) is 0 Å². The maximum Gasteiger partial charge on any atom is 0.187 e. The van der Waals surface area contributed by atoms with Gasteiger partial charge in [-0.2, -0.15) is 0 Å². The van der Waals surface area contributed by atoms with E-state index in [1.165, 1.54) is 12.8 Å². The fourth-order valence-electron chi connectivity index (χ4n) is 4.02. The Hall–Kier alpha value is -0.200. The largest absolute Gasteiger partial charge is 0.386 e. The smallest absolute Gasteiger partial charge is 0.187 e. The molecule has 5 atom stereocenters. The van der Waals surface area contributed by atoms with E-state index in [0.29, 0.717) is 0 Å². The number of aliphatic hydroxyl groups excluding tert-OH is 1. The van der Waals surface area contributed by atoms with Gasteiger partial charge in [0.25, 0.3) is 0 Å². The van der Waals surface area contributed by atoms with Crippen molar-refractivity contribution in [2.24, 2.45) is 17.1 Å². The topological polar surface area (TPSA) is 95.9 Å². The minimum absolute atomic E-state index is 0.193. The molecule has 1 saturated carbocycles. The number of fused-ring (bicyclic) bond motifs is 1. The van der Waals surface area contributed by atoms with Crippen LogP contribution in [0.2, 0.25) is 0 Å².